The number of carbonyl (C=O) groups is 1. The van der Waals surface area contributed by atoms with E-state index in [2.05, 4.69) is 6.58 Å². The fourth-order valence-corrected chi connectivity index (χ4v) is 1.82. The van der Waals surface area contributed by atoms with Crippen molar-refractivity contribution in [2.75, 3.05) is 13.2 Å². The molecule has 0 unspecified atom stereocenters. The highest BCUT2D eigenvalue weighted by molar-refractivity contribution is 5.89. The van der Waals surface area contributed by atoms with E-state index in [1.807, 2.05) is 13.8 Å². The zero-order chi connectivity index (χ0) is 12.7. The van der Waals surface area contributed by atoms with Gasteiger partial charge in [0, 0.05) is 12.8 Å². The molecule has 0 aromatic heterocycles. The Kier molecular flexibility index (Phi) is 5.81. The Hall–Kier alpha value is -1.25. The van der Waals surface area contributed by atoms with Gasteiger partial charge in [0.25, 0.3) is 0 Å². The first-order valence-corrected chi connectivity index (χ1v) is 6.31. The summed E-state index contributed by atoms with van der Waals surface area (Å²) in [5.74, 6) is 0.619. The minimum Gasteiger partial charge on any atom is -0.497 e. The number of esters is 1. The van der Waals surface area contributed by atoms with Crippen molar-refractivity contribution in [1.29, 1.82) is 0 Å². The van der Waals surface area contributed by atoms with Gasteiger partial charge in [0.1, 0.15) is 5.76 Å². The first kappa shape index (κ1) is 13.8. The maximum Gasteiger partial charge on any atom is 0.337 e. The van der Waals surface area contributed by atoms with Crippen LogP contribution in [0.1, 0.15) is 46.0 Å². The molecule has 0 bridgehead atoms. The van der Waals surface area contributed by atoms with Crippen molar-refractivity contribution in [3.63, 3.8) is 0 Å². The Labute approximate surface area is 103 Å². The number of ether oxygens (including phenoxy) is 2. The van der Waals surface area contributed by atoms with E-state index in [0.717, 1.165) is 49.0 Å². The lowest BCUT2D eigenvalue weighted by Gasteiger charge is -2.19. The lowest BCUT2D eigenvalue weighted by atomic mass is 9.98. The molecule has 0 aromatic rings. The van der Waals surface area contributed by atoms with Crippen LogP contribution in [0.15, 0.2) is 23.5 Å². The Morgan fingerprint density at radius 3 is 2.71 bits per heavy atom. The fourth-order valence-electron chi connectivity index (χ4n) is 1.82. The monoisotopic (exact) mass is 238 g/mol. The van der Waals surface area contributed by atoms with Crippen molar-refractivity contribution in [3.8, 4) is 0 Å². The van der Waals surface area contributed by atoms with Crippen LogP contribution in [-0.2, 0) is 14.3 Å². The molecule has 0 aromatic carbocycles. The lowest BCUT2D eigenvalue weighted by Crippen LogP contribution is -2.15. The van der Waals surface area contributed by atoms with Gasteiger partial charge >= 0.3 is 5.97 Å². The first-order chi connectivity index (χ1) is 8.15. The summed E-state index contributed by atoms with van der Waals surface area (Å²) in [7, 11) is 0. The summed E-state index contributed by atoms with van der Waals surface area (Å²) in [4.78, 5) is 11.7. The average molecular weight is 238 g/mol. The second-order valence-corrected chi connectivity index (χ2v) is 4.38. The molecule has 0 fully saturated rings. The summed E-state index contributed by atoms with van der Waals surface area (Å²) in [6, 6.07) is 0. The van der Waals surface area contributed by atoms with Crippen molar-refractivity contribution in [2.45, 2.75) is 46.0 Å². The van der Waals surface area contributed by atoms with Gasteiger partial charge < -0.3 is 9.47 Å². The standard InChI is InChI=1S/C14H22O3/c1-4-16-14(15)12-7-5-6-8-13(12)17-10-9-11(2)3/h2,4-10H2,1,3H3. The molecule has 3 nitrogen and oxygen atoms in total. The van der Waals surface area contributed by atoms with E-state index in [9.17, 15) is 4.79 Å². The minimum absolute atomic E-state index is 0.211. The fraction of sp³-hybridized carbons (Fsp3) is 0.643. The number of hydrogen-bond donors (Lipinski definition) is 0. The molecule has 0 saturated heterocycles. The smallest absolute Gasteiger partial charge is 0.337 e. The molecule has 96 valence electrons. The van der Waals surface area contributed by atoms with Gasteiger partial charge in [0.2, 0.25) is 0 Å². The molecule has 0 saturated carbocycles. The topological polar surface area (TPSA) is 35.5 Å². The highest BCUT2D eigenvalue weighted by Gasteiger charge is 2.21. The average Bonchev–Trinajstić information content (AvgIpc) is 2.29. The van der Waals surface area contributed by atoms with E-state index in [4.69, 9.17) is 9.47 Å². The van der Waals surface area contributed by atoms with Crippen LogP contribution in [0.4, 0.5) is 0 Å². The minimum atomic E-state index is -0.211. The molecule has 1 aliphatic rings. The van der Waals surface area contributed by atoms with Crippen LogP contribution in [0.25, 0.3) is 0 Å². The van der Waals surface area contributed by atoms with Gasteiger partial charge in [-0.05, 0) is 33.1 Å². The Bertz CT molecular complexity index is 315. The van der Waals surface area contributed by atoms with Gasteiger partial charge in [-0.2, -0.15) is 0 Å². The van der Waals surface area contributed by atoms with Crippen LogP contribution in [0.2, 0.25) is 0 Å². The van der Waals surface area contributed by atoms with Crippen LogP contribution in [0, 0.1) is 0 Å². The zero-order valence-electron chi connectivity index (χ0n) is 10.9. The molecule has 0 amide bonds. The van der Waals surface area contributed by atoms with Crippen molar-refractivity contribution in [3.05, 3.63) is 23.5 Å². The highest BCUT2D eigenvalue weighted by Crippen LogP contribution is 2.26. The van der Waals surface area contributed by atoms with E-state index in [-0.39, 0.29) is 5.97 Å². The molecule has 0 N–H and O–H groups in total. The quantitative estimate of drug-likeness (QED) is 0.526. The summed E-state index contributed by atoms with van der Waals surface area (Å²) >= 11 is 0. The molecule has 0 radical (unpaired) electrons. The van der Waals surface area contributed by atoms with Gasteiger partial charge in [-0.3, -0.25) is 0 Å². The summed E-state index contributed by atoms with van der Waals surface area (Å²) in [6.45, 7) is 8.66. The van der Waals surface area contributed by atoms with Crippen molar-refractivity contribution in [2.24, 2.45) is 0 Å². The van der Waals surface area contributed by atoms with E-state index in [0.29, 0.717) is 13.2 Å². The molecule has 0 atom stereocenters. The second-order valence-electron chi connectivity index (χ2n) is 4.38. The summed E-state index contributed by atoms with van der Waals surface area (Å²) in [5, 5.41) is 0. The summed E-state index contributed by atoms with van der Waals surface area (Å²) in [6.07, 6.45) is 4.60. The number of rotatable bonds is 6. The third kappa shape index (κ3) is 4.63. The Morgan fingerprint density at radius 1 is 1.35 bits per heavy atom. The molecule has 17 heavy (non-hydrogen) atoms. The normalized spacial score (nSPS) is 15.6. The number of carbonyl (C=O) groups excluding carboxylic acids is 1. The predicted octanol–water partition coefficient (Wildman–Crippen LogP) is 3.36. The van der Waals surface area contributed by atoms with E-state index in [1.165, 1.54) is 0 Å². The number of hydrogen-bond acceptors (Lipinski definition) is 3. The van der Waals surface area contributed by atoms with Gasteiger partial charge in [0.15, 0.2) is 0 Å². The summed E-state index contributed by atoms with van der Waals surface area (Å²) < 4.78 is 10.7. The third-order valence-corrected chi connectivity index (χ3v) is 2.74. The van der Waals surface area contributed by atoms with Crippen LogP contribution in [0.5, 0.6) is 0 Å². The first-order valence-electron chi connectivity index (χ1n) is 6.31. The predicted molar refractivity (Wildman–Crippen MR) is 67.5 cm³/mol. The van der Waals surface area contributed by atoms with Crippen LogP contribution >= 0.6 is 0 Å². The van der Waals surface area contributed by atoms with E-state index in [1.54, 1.807) is 0 Å². The van der Waals surface area contributed by atoms with Crippen molar-refractivity contribution in [1.82, 2.24) is 0 Å². The van der Waals surface area contributed by atoms with Crippen LogP contribution in [-0.4, -0.2) is 19.2 Å². The van der Waals surface area contributed by atoms with E-state index < -0.39 is 0 Å². The Morgan fingerprint density at radius 2 is 2.06 bits per heavy atom. The van der Waals surface area contributed by atoms with Crippen molar-refractivity contribution >= 4 is 5.97 Å². The lowest BCUT2D eigenvalue weighted by molar-refractivity contribution is -0.139. The van der Waals surface area contributed by atoms with Crippen LogP contribution in [0.3, 0.4) is 0 Å². The van der Waals surface area contributed by atoms with Gasteiger partial charge in [0.05, 0.1) is 18.8 Å². The maximum atomic E-state index is 11.7. The molecular weight excluding hydrogens is 216 g/mol. The van der Waals surface area contributed by atoms with Crippen LogP contribution < -0.4 is 0 Å². The maximum absolute atomic E-state index is 11.7. The summed E-state index contributed by atoms with van der Waals surface area (Å²) in [5.41, 5.74) is 1.83. The zero-order valence-corrected chi connectivity index (χ0v) is 10.9. The van der Waals surface area contributed by atoms with Crippen molar-refractivity contribution < 1.29 is 14.3 Å². The van der Waals surface area contributed by atoms with E-state index >= 15 is 0 Å². The molecule has 3 heteroatoms. The molecule has 0 aliphatic heterocycles. The molecule has 0 heterocycles. The molecular formula is C14H22O3. The van der Waals surface area contributed by atoms with Gasteiger partial charge in [-0.15, -0.1) is 6.58 Å². The van der Waals surface area contributed by atoms with Gasteiger partial charge in [-0.1, -0.05) is 5.57 Å². The largest absolute Gasteiger partial charge is 0.497 e. The highest BCUT2D eigenvalue weighted by atomic mass is 16.5. The SMILES string of the molecule is C=C(C)CCOC1=C(C(=O)OCC)CCCC1. The van der Waals surface area contributed by atoms with Gasteiger partial charge in [-0.25, -0.2) is 4.79 Å². The molecule has 1 aliphatic carbocycles. The third-order valence-electron chi connectivity index (χ3n) is 2.74. The molecule has 1 rings (SSSR count). The number of allylic oxidation sites excluding steroid dienone is 1. The second kappa shape index (κ2) is 7.15. The Balaban J connectivity index is 2.60. The molecule has 0 spiro atoms.